The summed E-state index contributed by atoms with van der Waals surface area (Å²) in [5.74, 6) is 0. The van der Waals surface area contributed by atoms with Crippen LogP contribution < -0.4 is 5.32 Å². The van der Waals surface area contributed by atoms with E-state index in [1.54, 1.807) is 0 Å². The molecular formula is C16H28N4O2. The lowest BCUT2D eigenvalue weighted by molar-refractivity contribution is 0.0236. The van der Waals surface area contributed by atoms with Crippen LogP contribution in [0.5, 0.6) is 0 Å². The Balaban J connectivity index is 1.76. The van der Waals surface area contributed by atoms with Crippen molar-refractivity contribution in [2.45, 2.75) is 65.3 Å². The number of carbonyl (C=O) groups excluding carboxylic acids is 1. The fraction of sp³-hybridized carbons (Fsp3) is 0.750. The average Bonchev–Trinajstić information content (AvgIpc) is 3.14. The second kappa shape index (κ2) is 7.13. The highest BCUT2D eigenvalue weighted by Gasteiger charge is 2.34. The van der Waals surface area contributed by atoms with Gasteiger partial charge in [-0.2, -0.15) is 5.10 Å². The monoisotopic (exact) mass is 308 g/mol. The van der Waals surface area contributed by atoms with Gasteiger partial charge >= 0.3 is 6.09 Å². The molecule has 124 valence electrons. The van der Waals surface area contributed by atoms with Gasteiger partial charge in [-0.3, -0.25) is 4.68 Å². The number of ether oxygens (including phenoxy) is 1. The summed E-state index contributed by atoms with van der Waals surface area (Å²) in [4.78, 5) is 14.1. The molecule has 0 bridgehead atoms. The second-order valence-corrected chi connectivity index (χ2v) is 6.72. The van der Waals surface area contributed by atoms with Gasteiger partial charge in [-0.15, -0.1) is 0 Å². The van der Waals surface area contributed by atoms with Gasteiger partial charge in [0.05, 0.1) is 5.69 Å². The molecule has 1 aliphatic carbocycles. The topological polar surface area (TPSA) is 59.4 Å². The van der Waals surface area contributed by atoms with Crippen molar-refractivity contribution in [3.05, 3.63) is 18.0 Å². The molecule has 0 saturated heterocycles. The van der Waals surface area contributed by atoms with Crippen LogP contribution >= 0.6 is 0 Å². The highest BCUT2D eigenvalue weighted by Crippen LogP contribution is 2.28. The van der Waals surface area contributed by atoms with E-state index in [9.17, 15) is 4.79 Å². The van der Waals surface area contributed by atoms with Crippen LogP contribution in [-0.4, -0.2) is 45.5 Å². The highest BCUT2D eigenvalue weighted by atomic mass is 16.6. The molecule has 0 atom stereocenters. The molecule has 0 aromatic carbocycles. The minimum atomic E-state index is -0.439. The van der Waals surface area contributed by atoms with Crippen LogP contribution in [0, 0.1) is 0 Å². The standard InChI is InChI=1S/C16H28N4O2/c1-5-20-14(8-9-18-20)12-17-10-11-19(13-6-7-13)15(21)22-16(2,3)4/h8-9,13,17H,5-7,10-12H2,1-4H3. The fourth-order valence-corrected chi connectivity index (χ4v) is 2.34. The van der Waals surface area contributed by atoms with Crippen LogP contribution in [0.3, 0.4) is 0 Å². The predicted molar refractivity (Wildman–Crippen MR) is 85.6 cm³/mol. The smallest absolute Gasteiger partial charge is 0.410 e. The van der Waals surface area contributed by atoms with Crippen molar-refractivity contribution in [3.63, 3.8) is 0 Å². The Morgan fingerprint density at radius 3 is 2.82 bits per heavy atom. The summed E-state index contributed by atoms with van der Waals surface area (Å²) >= 11 is 0. The molecule has 1 fully saturated rings. The second-order valence-electron chi connectivity index (χ2n) is 6.72. The quantitative estimate of drug-likeness (QED) is 0.786. The van der Waals surface area contributed by atoms with E-state index in [2.05, 4.69) is 17.3 Å². The van der Waals surface area contributed by atoms with E-state index in [0.29, 0.717) is 12.6 Å². The van der Waals surface area contributed by atoms with E-state index >= 15 is 0 Å². The Morgan fingerprint density at radius 2 is 2.23 bits per heavy atom. The maximum absolute atomic E-state index is 12.2. The number of aryl methyl sites for hydroxylation is 1. The molecule has 1 aromatic heterocycles. The molecule has 1 saturated carbocycles. The molecule has 0 spiro atoms. The van der Waals surface area contributed by atoms with E-state index in [1.165, 1.54) is 0 Å². The van der Waals surface area contributed by atoms with Gasteiger partial charge in [0.25, 0.3) is 0 Å². The lowest BCUT2D eigenvalue weighted by atomic mass is 10.2. The summed E-state index contributed by atoms with van der Waals surface area (Å²) in [6.45, 7) is 10.9. The Hall–Kier alpha value is -1.56. The SMILES string of the molecule is CCn1nccc1CNCCN(C(=O)OC(C)(C)C)C1CC1. The minimum Gasteiger partial charge on any atom is -0.444 e. The van der Waals surface area contributed by atoms with E-state index in [0.717, 1.165) is 38.2 Å². The third-order valence-electron chi connectivity index (χ3n) is 3.56. The van der Waals surface area contributed by atoms with Gasteiger partial charge in [0, 0.05) is 38.4 Å². The lowest BCUT2D eigenvalue weighted by Crippen LogP contribution is -2.41. The first-order valence-corrected chi connectivity index (χ1v) is 8.11. The van der Waals surface area contributed by atoms with Crippen molar-refractivity contribution >= 4 is 6.09 Å². The number of hydrogen-bond donors (Lipinski definition) is 1. The number of amides is 1. The first-order chi connectivity index (χ1) is 10.4. The van der Waals surface area contributed by atoms with Crippen molar-refractivity contribution < 1.29 is 9.53 Å². The number of aromatic nitrogens is 2. The zero-order valence-corrected chi connectivity index (χ0v) is 14.1. The summed E-state index contributed by atoms with van der Waals surface area (Å²) in [5, 5.41) is 7.63. The van der Waals surface area contributed by atoms with Crippen LogP contribution in [0.25, 0.3) is 0 Å². The molecule has 1 amide bonds. The van der Waals surface area contributed by atoms with Crippen LogP contribution in [0.2, 0.25) is 0 Å². The van der Waals surface area contributed by atoms with Gasteiger partial charge in [-0.25, -0.2) is 4.79 Å². The summed E-state index contributed by atoms with van der Waals surface area (Å²) in [6, 6.07) is 2.38. The van der Waals surface area contributed by atoms with Gasteiger partial charge in [0.15, 0.2) is 0 Å². The number of nitrogens with one attached hydrogen (secondary N) is 1. The zero-order valence-electron chi connectivity index (χ0n) is 14.1. The maximum atomic E-state index is 12.2. The van der Waals surface area contributed by atoms with Crippen LogP contribution in [0.1, 0.15) is 46.2 Å². The van der Waals surface area contributed by atoms with Crippen molar-refractivity contribution in [2.24, 2.45) is 0 Å². The number of carbonyl (C=O) groups is 1. The summed E-state index contributed by atoms with van der Waals surface area (Å²) in [6.07, 6.45) is 3.79. The Bertz CT molecular complexity index is 489. The largest absolute Gasteiger partial charge is 0.444 e. The van der Waals surface area contributed by atoms with Gasteiger partial charge in [-0.05, 0) is 46.6 Å². The van der Waals surface area contributed by atoms with Gasteiger partial charge < -0.3 is 15.0 Å². The van der Waals surface area contributed by atoms with Crippen LogP contribution in [0.15, 0.2) is 12.3 Å². The van der Waals surface area contributed by atoms with E-state index in [-0.39, 0.29) is 6.09 Å². The summed E-state index contributed by atoms with van der Waals surface area (Å²) < 4.78 is 7.46. The van der Waals surface area contributed by atoms with E-state index in [1.807, 2.05) is 42.6 Å². The van der Waals surface area contributed by atoms with Crippen molar-refractivity contribution in [1.82, 2.24) is 20.0 Å². The predicted octanol–water partition coefficient (Wildman–Crippen LogP) is 2.39. The first kappa shape index (κ1) is 16.8. The lowest BCUT2D eigenvalue weighted by Gasteiger charge is -2.27. The Labute approximate surface area is 132 Å². The minimum absolute atomic E-state index is 0.199. The highest BCUT2D eigenvalue weighted by molar-refractivity contribution is 5.69. The molecule has 6 heteroatoms. The Kier molecular flexibility index (Phi) is 5.45. The van der Waals surface area contributed by atoms with Crippen molar-refractivity contribution in [3.8, 4) is 0 Å². The van der Waals surface area contributed by atoms with E-state index < -0.39 is 5.60 Å². The number of hydrogen-bond acceptors (Lipinski definition) is 4. The molecule has 22 heavy (non-hydrogen) atoms. The third-order valence-corrected chi connectivity index (χ3v) is 3.56. The van der Waals surface area contributed by atoms with E-state index in [4.69, 9.17) is 4.74 Å². The molecule has 1 aromatic rings. The maximum Gasteiger partial charge on any atom is 0.410 e. The van der Waals surface area contributed by atoms with Gasteiger partial charge in [0.1, 0.15) is 5.60 Å². The third kappa shape index (κ3) is 5.02. The number of rotatable bonds is 7. The van der Waals surface area contributed by atoms with Crippen LogP contribution in [0.4, 0.5) is 4.79 Å². The molecule has 0 unspecified atom stereocenters. The molecule has 1 N–H and O–H groups in total. The summed E-state index contributed by atoms with van der Waals surface area (Å²) in [5.41, 5.74) is 0.725. The van der Waals surface area contributed by atoms with Gasteiger partial charge in [-0.1, -0.05) is 0 Å². The first-order valence-electron chi connectivity index (χ1n) is 8.11. The van der Waals surface area contributed by atoms with Crippen molar-refractivity contribution in [1.29, 1.82) is 0 Å². The molecule has 1 aliphatic rings. The average molecular weight is 308 g/mol. The van der Waals surface area contributed by atoms with Gasteiger partial charge in [0.2, 0.25) is 0 Å². The molecule has 1 heterocycles. The fourth-order valence-electron chi connectivity index (χ4n) is 2.34. The zero-order chi connectivity index (χ0) is 16.2. The molecule has 0 radical (unpaired) electrons. The molecular weight excluding hydrogens is 280 g/mol. The number of nitrogens with zero attached hydrogens (tertiary/aromatic N) is 3. The molecule has 0 aliphatic heterocycles. The summed E-state index contributed by atoms with van der Waals surface area (Å²) in [7, 11) is 0. The Morgan fingerprint density at radius 1 is 1.50 bits per heavy atom. The van der Waals surface area contributed by atoms with Crippen molar-refractivity contribution in [2.75, 3.05) is 13.1 Å². The molecule has 6 nitrogen and oxygen atoms in total. The van der Waals surface area contributed by atoms with Crippen LogP contribution in [-0.2, 0) is 17.8 Å². The normalized spacial score (nSPS) is 14.9. The molecule has 2 rings (SSSR count).